The number of ether oxygens (including phenoxy) is 1. The van der Waals surface area contributed by atoms with Crippen LogP contribution in [-0.4, -0.2) is 44.9 Å². The van der Waals surface area contributed by atoms with Crippen LogP contribution in [0.5, 0.6) is 0 Å². The van der Waals surface area contributed by atoms with Crippen molar-refractivity contribution < 1.29 is 22.4 Å². The van der Waals surface area contributed by atoms with Crippen molar-refractivity contribution >= 4 is 21.7 Å². The third kappa shape index (κ3) is 3.91. The summed E-state index contributed by atoms with van der Waals surface area (Å²) >= 11 is 0. The van der Waals surface area contributed by atoms with Crippen molar-refractivity contribution in [3.63, 3.8) is 0 Å². The second-order valence-corrected chi connectivity index (χ2v) is 9.34. The molecule has 29 heavy (non-hydrogen) atoms. The van der Waals surface area contributed by atoms with Gasteiger partial charge >= 0.3 is 5.97 Å². The van der Waals surface area contributed by atoms with Gasteiger partial charge in [-0.3, -0.25) is 0 Å². The largest absolute Gasteiger partial charge is 0.467 e. The van der Waals surface area contributed by atoms with Gasteiger partial charge in [0.1, 0.15) is 11.3 Å². The Hall–Kier alpha value is -2.32. The quantitative estimate of drug-likeness (QED) is 0.671. The Balaban J connectivity index is 1.54. The topological polar surface area (TPSA) is 80.1 Å². The minimum atomic E-state index is -3.44. The highest BCUT2D eigenvalue weighted by atomic mass is 32.2. The number of hydrogen-bond acceptors (Lipinski definition) is 6. The number of fused-ring (bicyclic) bond motifs is 1. The predicted molar refractivity (Wildman–Crippen MR) is 108 cm³/mol. The van der Waals surface area contributed by atoms with E-state index < -0.39 is 16.0 Å². The zero-order valence-corrected chi connectivity index (χ0v) is 17.4. The first-order chi connectivity index (χ1) is 14.0. The van der Waals surface area contributed by atoms with E-state index in [9.17, 15) is 13.2 Å². The maximum Gasteiger partial charge on any atom is 0.341 e. The molecule has 156 valence electrons. The SMILES string of the molecule is CCOC(=O)c1ccoc1CN1CCc2cc(S(=O)(=O)N3CCCCC3)ccc21. The summed E-state index contributed by atoms with van der Waals surface area (Å²) in [5.74, 6) is 0.167. The van der Waals surface area contributed by atoms with Gasteiger partial charge in [-0.2, -0.15) is 4.31 Å². The molecule has 3 heterocycles. The third-order valence-corrected chi connectivity index (χ3v) is 7.47. The Labute approximate surface area is 171 Å². The van der Waals surface area contributed by atoms with Crippen LogP contribution in [0.3, 0.4) is 0 Å². The van der Waals surface area contributed by atoms with Gasteiger partial charge in [0, 0.05) is 25.3 Å². The van der Waals surface area contributed by atoms with Crippen molar-refractivity contribution in [3.8, 4) is 0 Å². The van der Waals surface area contributed by atoms with Gasteiger partial charge in [-0.05, 0) is 56.0 Å². The predicted octanol–water partition coefficient (Wildman–Crippen LogP) is 3.19. The van der Waals surface area contributed by atoms with Gasteiger partial charge < -0.3 is 14.1 Å². The number of carbonyl (C=O) groups is 1. The van der Waals surface area contributed by atoms with E-state index in [0.29, 0.717) is 42.5 Å². The van der Waals surface area contributed by atoms with Crippen LogP contribution in [0.1, 0.15) is 47.9 Å². The highest BCUT2D eigenvalue weighted by molar-refractivity contribution is 7.89. The van der Waals surface area contributed by atoms with Gasteiger partial charge in [-0.25, -0.2) is 13.2 Å². The van der Waals surface area contributed by atoms with Gasteiger partial charge in [0.2, 0.25) is 10.0 Å². The van der Waals surface area contributed by atoms with Crippen LogP contribution < -0.4 is 4.90 Å². The van der Waals surface area contributed by atoms with E-state index in [1.54, 1.807) is 29.4 Å². The summed E-state index contributed by atoms with van der Waals surface area (Å²) in [5, 5.41) is 0. The molecular formula is C21H26N2O5S. The second-order valence-electron chi connectivity index (χ2n) is 7.40. The summed E-state index contributed by atoms with van der Waals surface area (Å²) in [6.45, 7) is 4.45. The number of anilines is 1. The average Bonchev–Trinajstić information content (AvgIpc) is 3.36. The van der Waals surface area contributed by atoms with Crippen molar-refractivity contribution in [1.82, 2.24) is 4.31 Å². The zero-order chi connectivity index (χ0) is 20.4. The molecule has 2 aliphatic rings. The molecule has 0 atom stereocenters. The number of rotatable bonds is 6. The Morgan fingerprint density at radius 3 is 2.69 bits per heavy atom. The maximum atomic E-state index is 13.0. The van der Waals surface area contributed by atoms with Crippen LogP contribution in [0.4, 0.5) is 5.69 Å². The fourth-order valence-electron chi connectivity index (χ4n) is 4.05. The molecule has 0 N–H and O–H groups in total. The second kappa shape index (κ2) is 8.20. The summed E-state index contributed by atoms with van der Waals surface area (Å²) in [4.78, 5) is 14.6. The molecule has 0 saturated carbocycles. The number of esters is 1. The fourth-order valence-corrected chi connectivity index (χ4v) is 5.62. The van der Waals surface area contributed by atoms with E-state index in [4.69, 9.17) is 9.15 Å². The molecule has 0 amide bonds. The molecule has 1 saturated heterocycles. The number of furan rings is 1. The molecule has 1 aromatic carbocycles. The number of sulfonamides is 1. The first-order valence-electron chi connectivity index (χ1n) is 10.1. The minimum Gasteiger partial charge on any atom is -0.467 e. The lowest BCUT2D eigenvalue weighted by molar-refractivity contribution is 0.0523. The van der Waals surface area contributed by atoms with Crippen LogP contribution in [0.15, 0.2) is 39.8 Å². The summed E-state index contributed by atoms with van der Waals surface area (Å²) in [6, 6.07) is 6.98. The molecule has 4 rings (SSSR count). The molecule has 1 aromatic heterocycles. The molecule has 2 aromatic rings. The molecule has 7 nitrogen and oxygen atoms in total. The number of benzene rings is 1. The molecule has 1 fully saturated rings. The first kappa shape index (κ1) is 20.0. The van der Waals surface area contributed by atoms with Gasteiger partial charge in [0.25, 0.3) is 0 Å². The van der Waals surface area contributed by atoms with Gasteiger partial charge in [0.05, 0.1) is 24.3 Å². The monoisotopic (exact) mass is 418 g/mol. The minimum absolute atomic E-state index is 0.310. The number of nitrogens with zero attached hydrogens (tertiary/aromatic N) is 2. The maximum absolute atomic E-state index is 13.0. The normalized spacial score (nSPS) is 17.3. The summed E-state index contributed by atoms with van der Waals surface area (Å²) in [5.41, 5.74) is 2.42. The van der Waals surface area contributed by atoms with Crippen LogP contribution in [0, 0.1) is 0 Å². The Bertz CT molecular complexity index is 992. The van der Waals surface area contributed by atoms with Crippen LogP contribution >= 0.6 is 0 Å². The summed E-state index contributed by atoms with van der Waals surface area (Å²) < 4.78 is 38.1. The van der Waals surface area contributed by atoms with E-state index in [1.807, 2.05) is 6.07 Å². The van der Waals surface area contributed by atoms with Crippen LogP contribution in [-0.2, 0) is 27.7 Å². The molecule has 0 unspecified atom stereocenters. The third-order valence-electron chi connectivity index (χ3n) is 5.57. The molecule has 0 radical (unpaired) electrons. The summed E-state index contributed by atoms with van der Waals surface area (Å²) in [7, 11) is -3.44. The Morgan fingerprint density at radius 2 is 1.93 bits per heavy atom. The molecule has 0 bridgehead atoms. The van der Waals surface area contributed by atoms with Crippen molar-refractivity contribution in [2.24, 2.45) is 0 Å². The number of hydrogen-bond donors (Lipinski definition) is 0. The molecule has 0 aliphatic carbocycles. The summed E-state index contributed by atoms with van der Waals surface area (Å²) in [6.07, 6.45) is 5.18. The average molecular weight is 419 g/mol. The van der Waals surface area contributed by atoms with Crippen LogP contribution in [0.2, 0.25) is 0 Å². The Kier molecular flexibility index (Phi) is 5.65. The lowest BCUT2D eigenvalue weighted by Gasteiger charge is -2.26. The van der Waals surface area contributed by atoms with E-state index in [1.165, 1.54) is 6.26 Å². The van der Waals surface area contributed by atoms with Crippen molar-refractivity contribution in [2.75, 3.05) is 31.1 Å². The van der Waals surface area contributed by atoms with E-state index in [-0.39, 0.29) is 0 Å². The van der Waals surface area contributed by atoms with Crippen molar-refractivity contribution in [1.29, 1.82) is 0 Å². The van der Waals surface area contributed by atoms with Gasteiger partial charge in [-0.15, -0.1) is 0 Å². The Morgan fingerprint density at radius 1 is 1.14 bits per heavy atom. The molecule has 2 aliphatic heterocycles. The lowest BCUT2D eigenvalue weighted by atomic mass is 10.2. The van der Waals surface area contributed by atoms with E-state index in [2.05, 4.69) is 4.90 Å². The highest BCUT2D eigenvalue weighted by Gasteiger charge is 2.29. The highest BCUT2D eigenvalue weighted by Crippen LogP contribution is 2.33. The number of piperidine rings is 1. The van der Waals surface area contributed by atoms with Gasteiger partial charge in [0.15, 0.2) is 0 Å². The van der Waals surface area contributed by atoms with Crippen LogP contribution in [0.25, 0.3) is 0 Å². The number of carbonyl (C=O) groups excluding carboxylic acids is 1. The molecule has 0 spiro atoms. The van der Waals surface area contributed by atoms with Gasteiger partial charge in [-0.1, -0.05) is 6.42 Å². The van der Waals surface area contributed by atoms with Crippen molar-refractivity contribution in [3.05, 3.63) is 47.4 Å². The van der Waals surface area contributed by atoms with Crippen molar-refractivity contribution in [2.45, 2.75) is 44.0 Å². The fraction of sp³-hybridized carbons (Fsp3) is 0.476. The molecule has 8 heteroatoms. The van der Waals surface area contributed by atoms with E-state index >= 15 is 0 Å². The first-order valence-corrected chi connectivity index (χ1v) is 11.6. The smallest absolute Gasteiger partial charge is 0.341 e. The standard InChI is InChI=1S/C21H26N2O5S/c1-2-27-21(24)18-9-13-28-20(18)15-22-12-8-16-14-17(6-7-19(16)22)29(25,26)23-10-4-3-5-11-23/h6-7,9,13-14H,2-5,8,10-12,15H2,1H3. The molecular weight excluding hydrogens is 392 g/mol. The van der Waals surface area contributed by atoms with E-state index in [0.717, 1.165) is 43.5 Å². The zero-order valence-electron chi connectivity index (χ0n) is 16.6. The lowest BCUT2D eigenvalue weighted by Crippen LogP contribution is -2.35.